The molecule has 1 fully saturated rings. The van der Waals surface area contributed by atoms with Crippen molar-refractivity contribution in [1.29, 1.82) is 0 Å². The van der Waals surface area contributed by atoms with E-state index in [9.17, 15) is 4.79 Å². The molecule has 3 atom stereocenters. The lowest BCUT2D eigenvalue weighted by molar-refractivity contribution is -0.155. The Hall–Kier alpha value is -0.610. The maximum Gasteiger partial charge on any atom is 0.328 e. The van der Waals surface area contributed by atoms with Crippen LogP contribution in [0.4, 0.5) is 0 Å². The first-order valence-electron chi connectivity index (χ1n) is 7.01. The zero-order chi connectivity index (χ0) is 13.6. The highest BCUT2D eigenvalue weighted by molar-refractivity contribution is 5.80. The number of carbonyl (C=O) groups excluding carboxylic acids is 1. The van der Waals surface area contributed by atoms with Crippen LogP contribution in [0, 0.1) is 5.92 Å². The quantitative estimate of drug-likeness (QED) is 0.740. The van der Waals surface area contributed by atoms with Gasteiger partial charge >= 0.3 is 5.97 Å². The lowest BCUT2D eigenvalue weighted by atomic mass is 9.88. The van der Waals surface area contributed by atoms with Crippen molar-refractivity contribution in [3.8, 4) is 0 Å². The molecule has 18 heavy (non-hydrogen) atoms. The van der Waals surface area contributed by atoms with Crippen LogP contribution >= 0.6 is 0 Å². The Balaban J connectivity index is 2.49. The summed E-state index contributed by atoms with van der Waals surface area (Å²) in [7, 11) is 1.77. The molecule has 1 saturated carbocycles. The fraction of sp³-hybridized carbons (Fsp3) is 0.929. The first-order chi connectivity index (χ1) is 8.53. The molecule has 3 unspecified atom stereocenters. The zero-order valence-electron chi connectivity index (χ0n) is 12.1. The molecule has 0 heterocycles. The van der Waals surface area contributed by atoms with Crippen LogP contribution in [0.5, 0.6) is 0 Å². The predicted octanol–water partition coefficient (Wildman–Crippen LogP) is 2.12. The van der Waals surface area contributed by atoms with Crippen LogP contribution in [0.15, 0.2) is 0 Å². The lowest BCUT2D eigenvalue weighted by Crippen LogP contribution is -2.53. The molecule has 0 saturated heterocycles. The van der Waals surface area contributed by atoms with Gasteiger partial charge in [0.25, 0.3) is 0 Å². The van der Waals surface area contributed by atoms with Gasteiger partial charge in [-0.2, -0.15) is 0 Å². The van der Waals surface area contributed by atoms with E-state index < -0.39 is 5.54 Å². The molecule has 0 aliphatic heterocycles. The molecule has 106 valence electrons. The van der Waals surface area contributed by atoms with E-state index in [-0.39, 0.29) is 12.1 Å². The third kappa shape index (κ3) is 3.95. The number of esters is 1. The topological polar surface area (TPSA) is 47.6 Å². The molecule has 1 aliphatic carbocycles. The van der Waals surface area contributed by atoms with Crippen molar-refractivity contribution in [2.75, 3.05) is 20.3 Å². The second-order valence-corrected chi connectivity index (χ2v) is 5.41. The number of hydrogen-bond acceptors (Lipinski definition) is 4. The van der Waals surface area contributed by atoms with Gasteiger partial charge in [-0.05, 0) is 39.7 Å². The highest BCUT2D eigenvalue weighted by Crippen LogP contribution is 2.27. The summed E-state index contributed by atoms with van der Waals surface area (Å²) in [5.74, 6) is 0.345. The van der Waals surface area contributed by atoms with Crippen LogP contribution in [0.3, 0.4) is 0 Å². The first kappa shape index (κ1) is 15.4. The van der Waals surface area contributed by atoms with E-state index in [1.54, 1.807) is 7.05 Å². The van der Waals surface area contributed by atoms with E-state index in [0.717, 1.165) is 6.42 Å². The van der Waals surface area contributed by atoms with Crippen molar-refractivity contribution in [3.05, 3.63) is 0 Å². The van der Waals surface area contributed by atoms with Gasteiger partial charge in [0.15, 0.2) is 0 Å². The Morgan fingerprint density at radius 3 is 2.61 bits per heavy atom. The first-order valence-corrected chi connectivity index (χ1v) is 7.01. The molecule has 0 amide bonds. The summed E-state index contributed by atoms with van der Waals surface area (Å²) in [6.07, 6.45) is 5.12. The Kier molecular flexibility index (Phi) is 6.09. The second-order valence-electron chi connectivity index (χ2n) is 5.41. The van der Waals surface area contributed by atoms with Gasteiger partial charge in [-0.3, -0.25) is 0 Å². The highest BCUT2D eigenvalue weighted by atomic mass is 16.5. The number of likely N-dealkylation sites (N-methyl/N-ethyl adjacent to an activating group) is 1. The van der Waals surface area contributed by atoms with E-state index in [1.807, 2.05) is 13.8 Å². The molecule has 1 aliphatic rings. The smallest absolute Gasteiger partial charge is 0.328 e. The van der Waals surface area contributed by atoms with E-state index in [4.69, 9.17) is 9.47 Å². The summed E-state index contributed by atoms with van der Waals surface area (Å²) in [5.41, 5.74) is -0.743. The zero-order valence-corrected chi connectivity index (χ0v) is 12.1. The highest BCUT2D eigenvalue weighted by Gasteiger charge is 2.35. The molecular weight excluding hydrogens is 230 g/mol. The van der Waals surface area contributed by atoms with Gasteiger partial charge in [-0.1, -0.05) is 19.8 Å². The van der Waals surface area contributed by atoms with Crippen molar-refractivity contribution < 1.29 is 14.3 Å². The minimum Gasteiger partial charge on any atom is -0.465 e. The molecule has 4 heteroatoms. The van der Waals surface area contributed by atoms with Crippen LogP contribution in [0.1, 0.15) is 46.5 Å². The second kappa shape index (κ2) is 7.10. The number of rotatable bonds is 6. The summed E-state index contributed by atoms with van der Waals surface area (Å²) >= 11 is 0. The molecule has 0 aromatic carbocycles. The Labute approximate surface area is 110 Å². The van der Waals surface area contributed by atoms with Crippen LogP contribution in [-0.2, 0) is 14.3 Å². The normalized spacial score (nSPS) is 27.6. The molecule has 4 nitrogen and oxygen atoms in total. The van der Waals surface area contributed by atoms with Crippen LogP contribution in [-0.4, -0.2) is 37.9 Å². The summed E-state index contributed by atoms with van der Waals surface area (Å²) in [6, 6.07) is 0. The third-order valence-electron chi connectivity index (χ3n) is 3.90. The van der Waals surface area contributed by atoms with E-state index in [0.29, 0.717) is 19.1 Å². The predicted molar refractivity (Wildman–Crippen MR) is 71.5 cm³/mol. The van der Waals surface area contributed by atoms with Gasteiger partial charge in [0.1, 0.15) is 5.54 Å². The van der Waals surface area contributed by atoms with Crippen molar-refractivity contribution in [2.45, 2.75) is 58.1 Å². The molecule has 0 bridgehead atoms. The van der Waals surface area contributed by atoms with E-state index >= 15 is 0 Å². The van der Waals surface area contributed by atoms with Gasteiger partial charge < -0.3 is 14.8 Å². The van der Waals surface area contributed by atoms with Crippen molar-refractivity contribution in [3.63, 3.8) is 0 Å². The van der Waals surface area contributed by atoms with E-state index in [1.165, 1.54) is 19.3 Å². The van der Waals surface area contributed by atoms with Gasteiger partial charge in [0.2, 0.25) is 0 Å². The summed E-state index contributed by atoms with van der Waals surface area (Å²) < 4.78 is 11.0. The van der Waals surface area contributed by atoms with Gasteiger partial charge in [0, 0.05) is 0 Å². The molecule has 0 radical (unpaired) electrons. The Bertz CT molecular complexity index is 270. The summed E-state index contributed by atoms with van der Waals surface area (Å²) in [6.45, 7) is 6.65. The Morgan fingerprint density at radius 2 is 2.06 bits per heavy atom. The van der Waals surface area contributed by atoms with Crippen LogP contribution in [0.25, 0.3) is 0 Å². The number of hydrogen-bond donors (Lipinski definition) is 1. The fourth-order valence-electron chi connectivity index (χ4n) is 2.33. The van der Waals surface area contributed by atoms with Gasteiger partial charge in [0.05, 0.1) is 19.3 Å². The van der Waals surface area contributed by atoms with Crippen molar-refractivity contribution in [1.82, 2.24) is 5.32 Å². The average molecular weight is 257 g/mol. The molecule has 0 spiro atoms. The molecule has 1 rings (SSSR count). The minimum absolute atomic E-state index is 0.240. The van der Waals surface area contributed by atoms with Crippen LogP contribution < -0.4 is 5.32 Å². The largest absolute Gasteiger partial charge is 0.465 e. The maximum absolute atomic E-state index is 11.9. The monoisotopic (exact) mass is 257 g/mol. The van der Waals surface area contributed by atoms with Gasteiger partial charge in [-0.15, -0.1) is 0 Å². The summed E-state index contributed by atoms with van der Waals surface area (Å²) in [4.78, 5) is 11.9. The average Bonchev–Trinajstić information content (AvgIpc) is 2.37. The van der Waals surface area contributed by atoms with Crippen molar-refractivity contribution in [2.24, 2.45) is 5.92 Å². The number of nitrogens with one attached hydrogen (secondary N) is 1. The fourth-order valence-corrected chi connectivity index (χ4v) is 2.33. The third-order valence-corrected chi connectivity index (χ3v) is 3.90. The Morgan fingerprint density at radius 1 is 1.39 bits per heavy atom. The molecular formula is C14H27NO3. The standard InChI is InChI=1S/C14H27NO3/c1-5-17-13(16)14(3,15-4)10-18-12-9-7-6-8-11(12)2/h11-12,15H,5-10H2,1-4H3. The molecule has 0 aromatic heterocycles. The number of carbonyl (C=O) groups is 1. The molecule has 0 aromatic rings. The summed E-state index contributed by atoms with van der Waals surface area (Å²) in [5, 5.41) is 3.02. The molecule has 1 N–H and O–H groups in total. The lowest BCUT2D eigenvalue weighted by Gasteiger charge is -2.33. The minimum atomic E-state index is -0.743. The van der Waals surface area contributed by atoms with E-state index in [2.05, 4.69) is 12.2 Å². The van der Waals surface area contributed by atoms with Crippen molar-refractivity contribution >= 4 is 5.97 Å². The van der Waals surface area contributed by atoms with Crippen LogP contribution in [0.2, 0.25) is 0 Å². The SMILES string of the molecule is CCOC(=O)C(C)(COC1CCCCC1C)NC. The maximum atomic E-state index is 11.9. The number of ether oxygens (including phenoxy) is 2. The van der Waals surface area contributed by atoms with Gasteiger partial charge in [-0.25, -0.2) is 4.79 Å².